The molecule has 18 heavy (non-hydrogen) atoms. The number of aromatic nitrogens is 2. The molecule has 2 N–H and O–H groups in total. The summed E-state index contributed by atoms with van der Waals surface area (Å²) >= 11 is 0. The summed E-state index contributed by atoms with van der Waals surface area (Å²) < 4.78 is 5.43. The molecule has 1 aromatic rings. The van der Waals surface area contributed by atoms with Crippen LogP contribution in [0.15, 0.2) is 12.4 Å². The molecule has 0 aliphatic heterocycles. The van der Waals surface area contributed by atoms with Gasteiger partial charge in [-0.05, 0) is 27.2 Å². The molecular formula is C12H19N3O3. The molecule has 100 valence electrons. The zero-order valence-electron chi connectivity index (χ0n) is 10.9. The average molecular weight is 253 g/mol. The molecule has 0 aromatic carbocycles. The van der Waals surface area contributed by atoms with E-state index >= 15 is 0 Å². The summed E-state index contributed by atoms with van der Waals surface area (Å²) in [4.78, 5) is 18.7. The van der Waals surface area contributed by atoms with E-state index < -0.39 is 5.97 Å². The van der Waals surface area contributed by atoms with E-state index in [-0.39, 0.29) is 18.6 Å². The number of ether oxygens (including phenoxy) is 1. The standard InChI is InChI=1S/C12H19N3O3/c1-8(2)18-11-7-13-6-10(15-11)14-9(3)4-5-12(16)17/h6-9H,4-5H2,1-3H3,(H,14,15)(H,16,17). The quantitative estimate of drug-likeness (QED) is 0.772. The van der Waals surface area contributed by atoms with E-state index in [0.29, 0.717) is 18.1 Å². The van der Waals surface area contributed by atoms with Gasteiger partial charge in [-0.15, -0.1) is 0 Å². The van der Waals surface area contributed by atoms with Gasteiger partial charge in [0.05, 0.1) is 18.5 Å². The maximum atomic E-state index is 10.5. The Morgan fingerprint density at radius 3 is 2.78 bits per heavy atom. The molecule has 0 fully saturated rings. The number of nitrogens with zero attached hydrogens (tertiary/aromatic N) is 2. The lowest BCUT2D eigenvalue weighted by atomic mass is 10.2. The zero-order valence-corrected chi connectivity index (χ0v) is 10.9. The van der Waals surface area contributed by atoms with Gasteiger partial charge in [0.1, 0.15) is 5.82 Å². The third-order valence-corrected chi connectivity index (χ3v) is 2.15. The molecule has 0 saturated heterocycles. The van der Waals surface area contributed by atoms with Crippen molar-refractivity contribution in [2.45, 2.75) is 45.8 Å². The molecule has 6 heteroatoms. The lowest BCUT2D eigenvalue weighted by Crippen LogP contribution is -2.18. The summed E-state index contributed by atoms with van der Waals surface area (Å²) in [6.45, 7) is 5.73. The van der Waals surface area contributed by atoms with Crippen LogP contribution in [0.4, 0.5) is 5.82 Å². The van der Waals surface area contributed by atoms with Gasteiger partial charge in [0, 0.05) is 12.5 Å². The van der Waals surface area contributed by atoms with Crippen molar-refractivity contribution in [2.75, 3.05) is 5.32 Å². The van der Waals surface area contributed by atoms with Gasteiger partial charge in [-0.2, -0.15) is 4.98 Å². The number of nitrogens with one attached hydrogen (secondary N) is 1. The first-order valence-corrected chi connectivity index (χ1v) is 5.94. The fourth-order valence-electron chi connectivity index (χ4n) is 1.38. The van der Waals surface area contributed by atoms with Crippen LogP contribution in [0.2, 0.25) is 0 Å². The second kappa shape index (κ2) is 6.78. The van der Waals surface area contributed by atoms with E-state index in [0.717, 1.165) is 0 Å². The molecule has 0 spiro atoms. The van der Waals surface area contributed by atoms with Crippen LogP contribution in [-0.4, -0.2) is 33.2 Å². The molecule has 0 amide bonds. The highest BCUT2D eigenvalue weighted by molar-refractivity contribution is 5.66. The molecule has 0 aliphatic carbocycles. The molecule has 0 radical (unpaired) electrons. The van der Waals surface area contributed by atoms with Gasteiger partial charge < -0.3 is 15.2 Å². The van der Waals surface area contributed by atoms with Crippen molar-refractivity contribution in [3.8, 4) is 5.88 Å². The van der Waals surface area contributed by atoms with Crippen LogP contribution >= 0.6 is 0 Å². The van der Waals surface area contributed by atoms with E-state index in [4.69, 9.17) is 9.84 Å². The maximum absolute atomic E-state index is 10.5. The average Bonchev–Trinajstić information content (AvgIpc) is 2.26. The van der Waals surface area contributed by atoms with Gasteiger partial charge >= 0.3 is 5.97 Å². The Labute approximate surface area is 106 Å². The van der Waals surface area contributed by atoms with E-state index in [1.54, 1.807) is 12.4 Å². The number of carboxylic acid groups (broad SMARTS) is 1. The number of hydrogen-bond acceptors (Lipinski definition) is 5. The Morgan fingerprint density at radius 1 is 1.44 bits per heavy atom. The van der Waals surface area contributed by atoms with E-state index in [9.17, 15) is 4.79 Å². The SMILES string of the molecule is CC(CCC(=O)O)Nc1cncc(OC(C)C)n1. The Hall–Kier alpha value is -1.85. The van der Waals surface area contributed by atoms with Gasteiger partial charge in [-0.25, -0.2) is 0 Å². The number of carbonyl (C=O) groups is 1. The molecule has 1 heterocycles. The maximum Gasteiger partial charge on any atom is 0.303 e. The summed E-state index contributed by atoms with van der Waals surface area (Å²) in [7, 11) is 0. The van der Waals surface area contributed by atoms with E-state index in [1.807, 2.05) is 20.8 Å². The van der Waals surface area contributed by atoms with E-state index in [2.05, 4.69) is 15.3 Å². The monoisotopic (exact) mass is 253 g/mol. The minimum atomic E-state index is -0.799. The predicted molar refractivity (Wildman–Crippen MR) is 67.8 cm³/mol. The smallest absolute Gasteiger partial charge is 0.303 e. The Kier molecular flexibility index (Phi) is 5.35. The number of hydrogen-bond donors (Lipinski definition) is 2. The van der Waals surface area contributed by atoms with Gasteiger partial charge in [-0.3, -0.25) is 9.78 Å². The van der Waals surface area contributed by atoms with Gasteiger partial charge in [0.2, 0.25) is 5.88 Å². The highest BCUT2D eigenvalue weighted by atomic mass is 16.5. The number of aliphatic carboxylic acids is 1. The molecule has 0 bridgehead atoms. The second-order valence-corrected chi connectivity index (χ2v) is 4.39. The van der Waals surface area contributed by atoms with Crippen LogP contribution in [0.3, 0.4) is 0 Å². The second-order valence-electron chi connectivity index (χ2n) is 4.39. The third kappa shape index (κ3) is 5.47. The van der Waals surface area contributed by atoms with Crippen molar-refractivity contribution in [1.29, 1.82) is 0 Å². The molecular weight excluding hydrogens is 234 g/mol. The van der Waals surface area contributed by atoms with Crippen molar-refractivity contribution in [3.05, 3.63) is 12.4 Å². The minimum absolute atomic E-state index is 0.0182. The molecule has 1 aromatic heterocycles. The van der Waals surface area contributed by atoms with Gasteiger partial charge in [-0.1, -0.05) is 0 Å². The van der Waals surface area contributed by atoms with Crippen LogP contribution in [0.25, 0.3) is 0 Å². The molecule has 1 atom stereocenters. The van der Waals surface area contributed by atoms with Crippen molar-refractivity contribution in [1.82, 2.24) is 9.97 Å². The Bertz CT molecular complexity index is 396. The number of anilines is 1. The third-order valence-electron chi connectivity index (χ3n) is 2.15. The summed E-state index contributed by atoms with van der Waals surface area (Å²) in [5, 5.41) is 11.7. The molecule has 6 nitrogen and oxygen atoms in total. The fourth-order valence-corrected chi connectivity index (χ4v) is 1.38. The van der Waals surface area contributed by atoms with Crippen LogP contribution in [-0.2, 0) is 4.79 Å². The highest BCUT2D eigenvalue weighted by Gasteiger charge is 2.07. The van der Waals surface area contributed by atoms with Gasteiger partial charge in [0.15, 0.2) is 0 Å². The summed E-state index contributed by atoms with van der Waals surface area (Å²) in [5.41, 5.74) is 0. The summed E-state index contributed by atoms with van der Waals surface area (Å²) in [6, 6.07) is 0.0182. The van der Waals surface area contributed by atoms with Crippen LogP contribution in [0.5, 0.6) is 5.88 Å². The molecule has 0 aliphatic rings. The lowest BCUT2D eigenvalue weighted by molar-refractivity contribution is -0.137. The van der Waals surface area contributed by atoms with Crippen molar-refractivity contribution < 1.29 is 14.6 Å². The van der Waals surface area contributed by atoms with Crippen LogP contribution < -0.4 is 10.1 Å². The number of carboxylic acids is 1. The Balaban J connectivity index is 2.53. The molecule has 1 unspecified atom stereocenters. The van der Waals surface area contributed by atoms with Crippen molar-refractivity contribution in [3.63, 3.8) is 0 Å². The Morgan fingerprint density at radius 2 is 2.17 bits per heavy atom. The highest BCUT2D eigenvalue weighted by Crippen LogP contribution is 2.12. The van der Waals surface area contributed by atoms with Crippen molar-refractivity contribution >= 4 is 11.8 Å². The first kappa shape index (κ1) is 14.2. The predicted octanol–water partition coefficient (Wildman–Crippen LogP) is 1.93. The van der Waals surface area contributed by atoms with Crippen molar-refractivity contribution in [2.24, 2.45) is 0 Å². The molecule has 0 saturated carbocycles. The lowest BCUT2D eigenvalue weighted by Gasteiger charge is -2.14. The zero-order chi connectivity index (χ0) is 13.5. The fraction of sp³-hybridized carbons (Fsp3) is 0.583. The summed E-state index contributed by atoms with van der Waals surface area (Å²) in [5.74, 6) is 0.248. The van der Waals surface area contributed by atoms with E-state index in [1.165, 1.54) is 0 Å². The first-order chi connectivity index (χ1) is 8.47. The molecule has 1 rings (SSSR count). The first-order valence-electron chi connectivity index (χ1n) is 5.94. The van der Waals surface area contributed by atoms with Crippen LogP contribution in [0.1, 0.15) is 33.6 Å². The minimum Gasteiger partial charge on any atom is -0.481 e. The van der Waals surface area contributed by atoms with Gasteiger partial charge in [0.25, 0.3) is 0 Å². The summed E-state index contributed by atoms with van der Waals surface area (Å²) in [6.07, 6.45) is 3.84. The normalized spacial score (nSPS) is 12.2. The number of rotatable bonds is 7. The van der Waals surface area contributed by atoms with Crippen LogP contribution in [0, 0.1) is 0 Å². The topological polar surface area (TPSA) is 84.3 Å². The largest absolute Gasteiger partial charge is 0.481 e.